The normalized spacial score (nSPS) is 22.9. The van der Waals surface area contributed by atoms with E-state index in [0.29, 0.717) is 12.1 Å². The van der Waals surface area contributed by atoms with Crippen LogP contribution in [0.5, 0.6) is 0 Å². The Morgan fingerprint density at radius 1 is 1.11 bits per heavy atom. The predicted octanol–water partition coefficient (Wildman–Crippen LogP) is 7.19. The number of rotatable bonds is 6. The van der Waals surface area contributed by atoms with E-state index in [2.05, 4.69) is 11.8 Å². The predicted molar refractivity (Wildman–Crippen MR) is 117 cm³/mol. The van der Waals surface area contributed by atoms with E-state index in [1.807, 2.05) is 0 Å². The average molecular weight is 527 g/mol. The minimum atomic E-state index is -4.70. The highest BCUT2D eigenvalue weighted by Gasteiger charge is 2.55. The third-order valence-electron chi connectivity index (χ3n) is 6.11. The second-order valence-corrected chi connectivity index (χ2v) is 10.2. The summed E-state index contributed by atoms with van der Waals surface area (Å²) in [5, 5.41) is 9.55. The zero-order valence-corrected chi connectivity index (χ0v) is 20.3. The third kappa shape index (κ3) is 7.82. The zero-order chi connectivity index (χ0) is 27.7. The molecule has 11 heteroatoms. The van der Waals surface area contributed by atoms with Gasteiger partial charge in [0.05, 0.1) is 23.4 Å². The first kappa shape index (κ1) is 29.9. The molecule has 36 heavy (non-hydrogen) atoms. The highest BCUT2D eigenvalue weighted by Crippen LogP contribution is 2.50. The van der Waals surface area contributed by atoms with Crippen molar-refractivity contribution in [2.75, 3.05) is 6.54 Å². The van der Waals surface area contributed by atoms with Crippen LogP contribution in [0.3, 0.4) is 0 Å². The van der Waals surface area contributed by atoms with Crippen molar-refractivity contribution >= 4 is 5.97 Å². The first-order valence-electron chi connectivity index (χ1n) is 11.4. The Morgan fingerprint density at radius 3 is 2.11 bits per heavy atom. The monoisotopic (exact) mass is 527 g/mol. The molecule has 0 aromatic heterocycles. The highest BCUT2D eigenvalue weighted by atomic mass is 19.4. The van der Waals surface area contributed by atoms with Gasteiger partial charge >= 0.3 is 18.3 Å². The van der Waals surface area contributed by atoms with Crippen LogP contribution in [0.4, 0.5) is 35.1 Å². The number of benzene rings is 1. The van der Waals surface area contributed by atoms with Gasteiger partial charge in [-0.1, -0.05) is 30.9 Å². The van der Waals surface area contributed by atoms with Crippen molar-refractivity contribution in [1.29, 1.82) is 0 Å². The number of piperidine rings is 1. The molecule has 2 rings (SSSR count). The van der Waals surface area contributed by atoms with Gasteiger partial charge in [0.25, 0.3) is 5.92 Å². The highest BCUT2D eigenvalue weighted by molar-refractivity contribution is 5.70. The topological polar surface area (TPSA) is 40.5 Å². The molecule has 0 amide bonds. The summed E-state index contributed by atoms with van der Waals surface area (Å²) in [7, 11) is 0. The molecule has 1 saturated heterocycles. The van der Waals surface area contributed by atoms with Crippen LogP contribution in [0.2, 0.25) is 0 Å². The van der Waals surface area contributed by atoms with Gasteiger partial charge in [-0.2, -0.15) is 26.3 Å². The first-order valence-corrected chi connectivity index (χ1v) is 11.4. The van der Waals surface area contributed by atoms with Crippen molar-refractivity contribution in [3.05, 3.63) is 35.4 Å². The lowest BCUT2D eigenvalue weighted by Crippen LogP contribution is -2.55. The summed E-state index contributed by atoms with van der Waals surface area (Å²) in [4.78, 5) is 13.1. The first-order chi connectivity index (χ1) is 16.2. The van der Waals surface area contributed by atoms with Gasteiger partial charge in [-0.05, 0) is 44.9 Å². The zero-order valence-electron chi connectivity index (χ0n) is 20.3. The molecule has 0 spiro atoms. The molecule has 202 valence electrons. The number of carboxylic acids is 1. The second kappa shape index (κ2) is 10.6. The summed E-state index contributed by atoms with van der Waals surface area (Å²) >= 11 is 0. The Balaban J connectivity index is 2.68. The van der Waals surface area contributed by atoms with Crippen LogP contribution in [0.25, 0.3) is 0 Å². The summed E-state index contributed by atoms with van der Waals surface area (Å²) in [6, 6.07) is 0.665. The second-order valence-electron chi connectivity index (χ2n) is 10.2. The number of halogens is 8. The van der Waals surface area contributed by atoms with E-state index in [9.17, 15) is 36.2 Å². The molecule has 0 radical (unpaired) electrons. The Labute approximate surface area is 204 Å². The largest absolute Gasteiger partial charge is 0.481 e. The van der Waals surface area contributed by atoms with Gasteiger partial charge in [0.2, 0.25) is 0 Å². The minimum absolute atomic E-state index is 0.0463. The van der Waals surface area contributed by atoms with Crippen LogP contribution in [-0.4, -0.2) is 40.7 Å². The molecule has 1 aromatic rings. The molecule has 1 heterocycles. The number of nitrogens with zero attached hydrogens (tertiary/aromatic N) is 1. The molecular weight excluding hydrogens is 498 g/mol. The fourth-order valence-corrected chi connectivity index (χ4v) is 4.35. The summed E-state index contributed by atoms with van der Waals surface area (Å²) < 4.78 is 109. The van der Waals surface area contributed by atoms with E-state index >= 15 is 8.78 Å². The number of likely N-dealkylation sites (tertiary alicyclic amines) is 1. The van der Waals surface area contributed by atoms with Crippen molar-refractivity contribution in [2.24, 2.45) is 17.3 Å². The Morgan fingerprint density at radius 2 is 1.67 bits per heavy atom. The van der Waals surface area contributed by atoms with Gasteiger partial charge in [0.1, 0.15) is 0 Å². The van der Waals surface area contributed by atoms with E-state index in [-0.39, 0.29) is 5.56 Å². The SMILES string of the molecule is CC(C(=O)O)[C@@H]1[C@@H](c2ccc(C(F)(F)F)cc2)N([C@H](C#CC(C)(C)C)CCC(F)(F)F)CCC1(F)F. The molecule has 1 unspecified atom stereocenters. The summed E-state index contributed by atoms with van der Waals surface area (Å²) in [6.45, 7) is 5.80. The average Bonchev–Trinajstić information content (AvgIpc) is 2.71. The van der Waals surface area contributed by atoms with Crippen LogP contribution in [-0.2, 0) is 11.0 Å². The molecule has 1 aliphatic rings. The summed E-state index contributed by atoms with van der Waals surface area (Å²) in [6.07, 6.45) is -11.9. The Hall–Kier alpha value is -2.35. The number of aliphatic carboxylic acids is 1. The number of alkyl halides is 8. The van der Waals surface area contributed by atoms with Gasteiger partial charge in [0.15, 0.2) is 0 Å². The molecular formula is C25H29F8NO2. The van der Waals surface area contributed by atoms with Crippen LogP contribution >= 0.6 is 0 Å². The van der Waals surface area contributed by atoms with Crippen LogP contribution in [0.15, 0.2) is 24.3 Å². The van der Waals surface area contributed by atoms with Gasteiger partial charge in [0, 0.05) is 30.8 Å². The Kier molecular flexibility index (Phi) is 8.76. The molecule has 0 aliphatic carbocycles. The Bertz CT molecular complexity index is 967. The lowest BCUT2D eigenvalue weighted by atomic mass is 9.73. The molecule has 1 N–H and O–H groups in total. The van der Waals surface area contributed by atoms with Gasteiger partial charge in [-0.3, -0.25) is 9.69 Å². The molecule has 0 bridgehead atoms. The van der Waals surface area contributed by atoms with Crippen LogP contribution < -0.4 is 0 Å². The van der Waals surface area contributed by atoms with E-state index in [1.165, 1.54) is 4.90 Å². The van der Waals surface area contributed by atoms with Crippen LogP contribution in [0.1, 0.15) is 64.1 Å². The van der Waals surface area contributed by atoms with Crippen molar-refractivity contribution < 1.29 is 45.0 Å². The summed E-state index contributed by atoms with van der Waals surface area (Å²) in [5.41, 5.74) is -1.72. The quantitative estimate of drug-likeness (QED) is 0.315. The number of carboxylic acid groups (broad SMARTS) is 1. The molecule has 1 aliphatic heterocycles. The van der Waals surface area contributed by atoms with Gasteiger partial charge in [-0.25, -0.2) is 8.78 Å². The fourth-order valence-electron chi connectivity index (χ4n) is 4.35. The summed E-state index contributed by atoms with van der Waals surface area (Å²) in [5.74, 6) is -3.05. The minimum Gasteiger partial charge on any atom is -0.481 e. The maximum Gasteiger partial charge on any atom is 0.416 e. The molecule has 1 aromatic carbocycles. The van der Waals surface area contributed by atoms with E-state index in [4.69, 9.17) is 0 Å². The van der Waals surface area contributed by atoms with E-state index in [0.717, 1.165) is 19.1 Å². The molecule has 3 nitrogen and oxygen atoms in total. The smallest absolute Gasteiger partial charge is 0.416 e. The molecule has 0 saturated carbocycles. The van der Waals surface area contributed by atoms with Crippen molar-refractivity contribution in [3.8, 4) is 11.8 Å². The number of hydrogen-bond donors (Lipinski definition) is 1. The lowest BCUT2D eigenvalue weighted by Gasteiger charge is -2.49. The van der Waals surface area contributed by atoms with E-state index in [1.54, 1.807) is 20.8 Å². The standard InChI is InChI=1S/C25H29F8NO2/c1-15(21(35)36)19-20(16-5-7-17(8-6-16)25(31,32)33)34(14-13-23(19,26)27)18(9-11-22(2,3)4)10-12-24(28,29)30/h5-8,15,18-20H,10,12-14H2,1-4H3,(H,35,36)/t15?,18-,19-,20-/m1/s1. The maximum atomic E-state index is 15.2. The van der Waals surface area contributed by atoms with Gasteiger partial charge < -0.3 is 5.11 Å². The van der Waals surface area contributed by atoms with E-state index < -0.39 is 84.9 Å². The third-order valence-corrected chi connectivity index (χ3v) is 6.11. The maximum absolute atomic E-state index is 15.2. The number of hydrogen-bond acceptors (Lipinski definition) is 2. The van der Waals surface area contributed by atoms with Crippen LogP contribution in [0, 0.1) is 29.1 Å². The van der Waals surface area contributed by atoms with Crippen molar-refractivity contribution in [2.45, 2.75) is 77.3 Å². The molecule has 4 atom stereocenters. The molecule has 1 fully saturated rings. The number of carbonyl (C=O) groups is 1. The van der Waals surface area contributed by atoms with Gasteiger partial charge in [-0.15, -0.1) is 0 Å². The van der Waals surface area contributed by atoms with Crippen molar-refractivity contribution in [3.63, 3.8) is 0 Å². The van der Waals surface area contributed by atoms with Crippen molar-refractivity contribution in [1.82, 2.24) is 4.90 Å². The lowest BCUT2D eigenvalue weighted by molar-refractivity contribution is -0.176. The fraction of sp³-hybridized carbons (Fsp3) is 0.640.